The first-order valence-electron chi connectivity index (χ1n) is 6.48. The van der Waals surface area contributed by atoms with E-state index in [1.807, 2.05) is 0 Å². The summed E-state index contributed by atoms with van der Waals surface area (Å²) in [6.07, 6.45) is -4.13. The predicted octanol–water partition coefficient (Wildman–Crippen LogP) is -1.54. The van der Waals surface area contributed by atoms with Gasteiger partial charge in [-0.2, -0.15) is 0 Å². The molecule has 1 aliphatic rings. The summed E-state index contributed by atoms with van der Waals surface area (Å²) in [5, 5.41) is 41.1. The minimum Gasteiger partial charge on any atom is -0.394 e. The zero-order valence-electron chi connectivity index (χ0n) is 11.0. The molecule has 18 heavy (non-hydrogen) atoms. The van der Waals surface area contributed by atoms with Crippen LogP contribution in [0.25, 0.3) is 0 Å². The Balaban J connectivity index is 2.39. The van der Waals surface area contributed by atoms with Crippen molar-refractivity contribution in [2.45, 2.75) is 50.8 Å². The summed E-state index contributed by atoms with van der Waals surface area (Å²) >= 11 is 0. The van der Waals surface area contributed by atoms with E-state index in [1.54, 1.807) is 0 Å². The smallest absolute Gasteiger partial charge is 0.111 e. The van der Waals surface area contributed by atoms with Crippen molar-refractivity contribution in [3.8, 4) is 0 Å². The Kier molecular flexibility index (Phi) is 6.48. The fourth-order valence-electron chi connectivity index (χ4n) is 1.98. The number of nitrogens with one attached hydrogen (secondary N) is 1. The summed E-state index contributed by atoms with van der Waals surface area (Å²) in [5.41, 5.74) is 0. The Labute approximate surface area is 108 Å². The van der Waals surface area contributed by atoms with Crippen LogP contribution in [0.15, 0.2) is 0 Å². The summed E-state index contributed by atoms with van der Waals surface area (Å²) < 4.78 is 5.37. The van der Waals surface area contributed by atoms with Gasteiger partial charge in [-0.3, -0.25) is 0 Å². The van der Waals surface area contributed by atoms with E-state index in [0.717, 1.165) is 13.0 Å². The molecule has 6 heteroatoms. The normalized spacial score (nSPS) is 37.2. The van der Waals surface area contributed by atoms with Crippen LogP contribution in [-0.2, 0) is 4.74 Å². The maximum Gasteiger partial charge on any atom is 0.111 e. The molecular weight excluding hydrogens is 238 g/mol. The predicted molar refractivity (Wildman–Crippen MR) is 66.1 cm³/mol. The van der Waals surface area contributed by atoms with Crippen LogP contribution in [0.3, 0.4) is 0 Å². The maximum absolute atomic E-state index is 9.77. The van der Waals surface area contributed by atoms with Crippen molar-refractivity contribution in [1.82, 2.24) is 5.32 Å². The molecule has 0 radical (unpaired) electrons. The lowest BCUT2D eigenvalue weighted by molar-refractivity contribution is -0.227. The van der Waals surface area contributed by atoms with Crippen LogP contribution in [-0.4, -0.2) is 70.6 Å². The van der Waals surface area contributed by atoms with E-state index in [0.29, 0.717) is 12.5 Å². The molecule has 5 atom stereocenters. The van der Waals surface area contributed by atoms with Gasteiger partial charge in [0.25, 0.3) is 0 Å². The Morgan fingerprint density at radius 3 is 2.22 bits per heavy atom. The summed E-state index contributed by atoms with van der Waals surface area (Å²) in [5.74, 6) is 0.590. The van der Waals surface area contributed by atoms with Gasteiger partial charge in [-0.1, -0.05) is 13.8 Å². The highest BCUT2D eigenvalue weighted by Crippen LogP contribution is 2.20. The number of aliphatic hydroxyl groups is 4. The van der Waals surface area contributed by atoms with E-state index in [2.05, 4.69) is 19.2 Å². The Bertz CT molecular complexity index is 237. The number of hydrogen-bond donors (Lipinski definition) is 5. The van der Waals surface area contributed by atoms with Gasteiger partial charge in [-0.05, 0) is 18.9 Å². The van der Waals surface area contributed by atoms with Gasteiger partial charge in [-0.25, -0.2) is 0 Å². The van der Waals surface area contributed by atoms with Crippen molar-refractivity contribution < 1.29 is 25.2 Å². The lowest BCUT2D eigenvalue weighted by Crippen LogP contribution is -2.60. The third-order valence-corrected chi connectivity index (χ3v) is 3.24. The molecule has 1 heterocycles. The van der Waals surface area contributed by atoms with Crippen LogP contribution < -0.4 is 5.32 Å². The largest absolute Gasteiger partial charge is 0.394 e. The molecule has 0 aromatic carbocycles. The van der Waals surface area contributed by atoms with E-state index in [9.17, 15) is 15.3 Å². The van der Waals surface area contributed by atoms with Gasteiger partial charge in [0.2, 0.25) is 0 Å². The summed E-state index contributed by atoms with van der Waals surface area (Å²) in [7, 11) is 0. The minimum absolute atomic E-state index is 0.382. The fourth-order valence-corrected chi connectivity index (χ4v) is 1.98. The van der Waals surface area contributed by atoms with E-state index in [4.69, 9.17) is 9.84 Å². The maximum atomic E-state index is 9.77. The highest BCUT2D eigenvalue weighted by Gasteiger charge is 2.42. The molecule has 0 aliphatic carbocycles. The monoisotopic (exact) mass is 263 g/mol. The van der Waals surface area contributed by atoms with Gasteiger partial charge in [0.1, 0.15) is 24.4 Å². The second kappa shape index (κ2) is 7.37. The molecule has 1 rings (SSSR count). The van der Waals surface area contributed by atoms with Crippen LogP contribution in [0.2, 0.25) is 0 Å². The van der Waals surface area contributed by atoms with Crippen molar-refractivity contribution in [2.75, 3.05) is 19.7 Å². The van der Waals surface area contributed by atoms with Gasteiger partial charge < -0.3 is 30.5 Å². The molecule has 0 saturated carbocycles. The quantitative estimate of drug-likeness (QED) is 0.372. The SMILES string of the molecule is CC(C)CCNC[C@@H]1O[C@H](CO)[C@@H](O)[C@H](O)[C@@H]1O. The Morgan fingerprint density at radius 1 is 1.06 bits per heavy atom. The second-order valence-electron chi connectivity index (χ2n) is 5.25. The average Bonchev–Trinajstić information content (AvgIpc) is 2.34. The molecule has 1 aliphatic heterocycles. The molecule has 0 bridgehead atoms. The lowest BCUT2D eigenvalue weighted by Gasteiger charge is -2.40. The average molecular weight is 263 g/mol. The molecule has 0 spiro atoms. The van der Waals surface area contributed by atoms with E-state index in [1.165, 1.54) is 0 Å². The van der Waals surface area contributed by atoms with Crippen LogP contribution in [0.1, 0.15) is 20.3 Å². The van der Waals surface area contributed by atoms with E-state index >= 15 is 0 Å². The van der Waals surface area contributed by atoms with Crippen LogP contribution in [0.5, 0.6) is 0 Å². The number of hydrogen-bond acceptors (Lipinski definition) is 6. The first kappa shape index (κ1) is 15.8. The molecule has 0 amide bonds. The van der Waals surface area contributed by atoms with Crippen LogP contribution in [0, 0.1) is 5.92 Å². The van der Waals surface area contributed by atoms with Crippen molar-refractivity contribution in [3.63, 3.8) is 0 Å². The van der Waals surface area contributed by atoms with Crippen molar-refractivity contribution in [3.05, 3.63) is 0 Å². The molecule has 108 valence electrons. The third kappa shape index (κ3) is 4.15. The topological polar surface area (TPSA) is 102 Å². The zero-order valence-corrected chi connectivity index (χ0v) is 11.0. The first-order valence-corrected chi connectivity index (χ1v) is 6.48. The molecule has 5 N–H and O–H groups in total. The van der Waals surface area contributed by atoms with Crippen molar-refractivity contribution in [1.29, 1.82) is 0 Å². The first-order chi connectivity index (χ1) is 8.47. The highest BCUT2D eigenvalue weighted by atomic mass is 16.5. The fraction of sp³-hybridized carbons (Fsp3) is 1.00. The van der Waals surface area contributed by atoms with Crippen LogP contribution >= 0.6 is 0 Å². The van der Waals surface area contributed by atoms with Gasteiger partial charge >= 0.3 is 0 Å². The van der Waals surface area contributed by atoms with Gasteiger partial charge in [0.15, 0.2) is 0 Å². The van der Waals surface area contributed by atoms with Gasteiger partial charge in [0.05, 0.1) is 12.7 Å². The molecular formula is C12H25NO5. The van der Waals surface area contributed by atoms with E-state index in [-0.39, 0.29) is 6.61 Å². The highest BCUT2D eigenvalue weighted by molar-refractivity contribution is 4.92. The molecule has 0 unspecified atom stereocenters. The minimum atomic E-state index is -1.28. The molecule has 6 nitrogen and oxygen atoms in total. The Morgan fingerprint density at radius 2 is 1.67 bits per heavy atom. The summed E-state index contributed by atoms with van der Waals surface area (Å²) in [4.78, 5) is 0. The summed E-state index contributed by atoms with van der Waals surface area (Å²) in [6.45, 7) is 5.04. The molecule has 1 fully saturated rings. The van der Waals surface area contributed by atoms with Crippen molar-refractivity contribution >= 4 is 0 Å². The molecule has 0 aromatic rings. The molecule has 0 aromatic heterocycles. The third-order valence-electron chi connectivity index (χ3n) is 3.24. The van der Waals surface area contributed by atoms with Gasteiger partial charge in [-0.15, -0.1) is 0 Å². The standard InChI is InChI=1S/C12H25NO5/c1-7(2)3-4-13-5-8-10(15)12(17)11(16)9(6-14)18-8/h7-17H,3-6H2,1-2H3/t8-,9+,10+,11+,12+/m0/s1. The zero-order chi connectivity index (χ0) is 13.7. The number of aliphatic hydroxyl groups excluding tert-OH is 4. The Hall–Kier alpha value is -0.240. The lowest BCUT2D eigenvalue weighted by atomic mass is 9.95. The van der Waals surface area contributed by atoms with Gasteiger partial charge in [0, 0.05) is 6.54 Å². The van der Waals surface area contributed by atoms with Crippen LogP contribution in [0.4, 0.5) is 0 Å². The number of rotatable bonds is 6. The summed E-state index contributed by atoms with van der Waals surface area (Å²) in [6, 6.07) is 0. The molecule has 1 saturated heterocycles. The second-order valence-corrected chi connectivity index (χ2v) is 5.25. The van der Waals surface area contributed by atoms with E-state index < -0.39 is 30.5 Å². The number of ether oxygens (including phenoxy) is 1. The van der Waals surface area contributed by atoms with Crippen molar-refractivity contribution in [2.24, 2.45) is 5.92 Å².